The van der Waals surface area contributed by atoms with E-state index in [0.29, 0.717) is 11.4 Å². The van der Waals surface area contributed by atoms with Crippen molar-refractivity contribution in [3.8, 4) is 67.5 Å². The Morgan fingerprint density at radius 2 is 0.851 bits per heavy atom. The second-order valence-electron chi connectivity index (χ2n) is 16.9. The van der Waals surface area contributed by atoms with Crippen LogP contribution in [-0.4, -0.2) is 19.1 Å². The maximum absolute atomic E-state index is 13.7. The molecular weight excluding hydrogens is 834 g/mol. The first-order valence-electron chi connectivity index (χ1n) is 22.2. The molecule has 0 spiro atoms. The molecular formula is C60H39F3N4. The number of hydrogen-bond acceptors (Lipinski definition) is 2. The maximum Gasteiger partial charge on any atom is 0.416 e. The van der Waals surface area contributed by atoms with E-state index in [0.717, 1.165) is 94.5 Å². The van der Waals surface area contributed by atoms with Crippen LogP contribution in [-0.2, 0) is 6.18 Å². The van der Waals surface area contributed by atoms with Gasteiger partial charge in [-0.1, -0.05) is 146 Å². The zero-order valence-electron chi connectivity index (χ0n) is 36.2. The molecule has 12 rings (SSSR count). The first-order chi connectivity index (χ1) is 32.8. The third-order valence-corrected chi connectivity index (χ3v) is 12.9. The number of aryl methyl sites for hydroxylation is 1. The summed E-state index contributed by atoms with van der Waals surface area (Å²) in [5.74, 6) is 0.598. The Bertz CT molecular complexity index is 3750. The molecule has 3 heterocycles. The van der Waals surface area contributed by atoms with Crippen molar-refractivity contribution in [2.45, 2.75) is 13.1 Å². The van der Waals surface area contributed by atoms with Crippen LogP contribution in [0.3, 0.4) is 0 Å². The fraction of sp³-hybridized carbons (Fsp3) is 0.0333. The van der Waals surface area contributed by atoms with Crippen LogP contribution in [0.25, 0.3) is 111 Å². The normalized spacial score (nSPS) is 11.9. The summed E-state index contributed by atoms with van der Waals surface area (Å²) in [7, 11) is 0. The van der Waals surface area contributed by atoms with Gasteiger partial charge in [0.1, 0.15) is 0 Å². The molecule has 320 valence electrons. The molecule has 12 aromatic rings. The molecule has 0 aliphatic carbocycles. The lowest BCUT2D eigenvalue weighted by Crippen LogP contribution is -2.05. The number of benzene rings is 9. The molecule has 0 unspecified atom stereocenters. The monoisotopic (exact) mass is 872 g/mol. The van der Waals surface area contributed by atoms with Crippen molar-refractivity contribution in [3.05, 3.63) is 230 Å². The van der Waals surface area contributed by atoms with Gasteiger partial charge in [0.2, 0.25) is 0 Å². The van der Waals surface area contributed by atoms with Crippen molar-refractivity contribution >= 4 is 43.6 Å². The van der Waals surface area contributed by atoms with Gasteiger partial charge in [0.05, 0.1) is 50.4 Å². The Balaban J connectivity index is 1.13. The highest BCUT2D eigenvalue weighted by atomic mass is 19.4. The van der Waals surface area contributed by atoms with Crippen LogP contribution in [0.2, 0.25) is 0 Å². The summed E-state index contributed by atoms with van der Waals surface area (Å²) >= 11 is 0. The molecule has 67 heavy (non-hydrogen) atoms. The number of aromatic nitrogens is 4. The fourth-order valence-corrected chi connectivity index (χ4v) is 9.82. The van der Waals surface area contributed by atoms with Gasteiger partial charge in [0.15, 0.2) is 5.82 Å². The zero-order valence-corrected chi connectivity index (χ0v) is 36.2. The largest absolute Gasteiger partial charge is 0.416 e. The highest BCUT2D eigenvalue weighted by Gasteiger charge is 2.31. The number of hydrogen-bond donors (Lipinski definition) is 0. The van der Waals surface area contributed by atoms with Crippen molar-refractivity contribution in [2.24, 2.45) is 0 Å². The van der Waals surface area contributed by atoms with E-state index in [9.17, 15) is 13.2 Å². The smallest absolute Gasteiger partial charge is 0.309 e. The third kappa shape index (κ3) is 6.86. The highest BCUT2D eigenvalue weighted by Crippen LogP contribution is 2.43. The summed E-state index contributed by atoms with van der Waals surface area (Å²) in [6, 6.07) is 73.2. The summed E-state index contributed by atoms with van der Waals surface area (Å²) in [5.41, 5.74) is 14.1. The molecule has 0 saturated carbocycles. The van der Waals surface area contributed by atoms with Gasteiger partial charge < -0.3 is 9.13 Å². The van der Waals surface area contributed by atoms with Crippen molar-refractivity contribution in [2.75, 3.05) is 0 Å². The van der Waals surface area contributed by atoms with Crippen LogP contribution in [0.5, 0.6) is 0 Å². The number of para-hydroxylation sites is 4. The Kier molecular flexibility index (Phi) is 9.47. The van der Waals surface area contributed by atoms with E-state index >= 15 is 0 Å². The average Bonchev–Trinajstić information content (AvgIpc) is 3.89. The second kappa shape index (κ2) is 15.9. The van der Waals surface area contributed by atoms with Gasteiger partial charge in [0, 0.05) is 49.4 Å². The van der Waals surface area contributed by atoms with Crippen LogP contribution in [0.1, 0.15) is 11.1 Å². The van der Waals surface area contributed by atoms with Crippen molar-refractivity contribution in [1.82, 2.24) is 19.1 Å². The first-order valence-corrected chi connectivity index (χ1v) is 22.2. The van der Waals surface area contributed by atoms with E-state index in [1.165, 1.54) is 22.9 Å². The summed E-state index contributed by atoms with van der Waals surface area (Å²) in [6.07, 6.45) is -4.42. The number of nitrogens with zero attached hydrogens (tertiary/aromatic N) is 4. The zero-order chi connectivity index (χ0) is 45.2. The molecule has 3 aromatic heterocycles. The molecule has 7 heteroatoms. The Hall–Kier alpha value is -8.55. The lowest BCUT2D eigenvalue weighted by Gasteiger charge is -2.20. The van der Waals surface area contributed by atoms with Crippen LogP contribution < -0.4 is 0 Å². The molecule has 0 aliphatic heterocycles. The molecule has 0 amide bonds. The number of fused-ring (bicyclic) bond motifs is 6. The first kappa shape index (κ1) is 40.0. The molecule has 0 radical (unpaired) electrons. The lowest BCUT2D eigenvalue weighted by molar-refractivity contribution is -0.137. The summed E-state index contributed by atoms with van der Waals surface area (Å²) < 4.78 is 45.9. The number of alkyl halides is 3. The lowest BCUT2D eigenvalue weighted by atomic mass is 9.96. The Morgan fingerprint density at radius 3 is 1.43 bits per heavy atom. The van der Waals surface area contributed by atoms with Crippen LogP contribution in [0.15, 0.2) is 218 Å². The number of halogens is 3. The second-order valence-corrected chi connectivity index (χ2v) is 16.9. The van der Waals surface area contributed by atoms with Crippen LogP contribution in [0, 0.1) is 6.92 Å². The predicted octanol–water partition coefficient (Wildman–Crippen LogP) is 16.3. The summed E-state index contributed by atoms with van der Waals surface area (Å²) in [5, 5.41) is 4.36. The average molecular weight is 873 g/mol. The molecule has 0 atom stereocenters. The molecule has 0 saturated heterocycles. The summed E-state index contributed by atoms with van der Waals surface area (Å²) in [6.45, 7) is 1.74. The standard InChI is InChI=1S/C60H39F3N4/c1-38-34-43(60(61,62)63)30-31-44(38)41-28-32-57-49(35-41)47-22-10-15-27-56(47)67(57)58-33-29-42(59-64-51(39-16-4-2-5-17-39)37-52(65-59)40-18-6-3-7-19-40)36-50(58)48-23-11-14-26-55(48)66-53-24-12-8-20-45(53)46-21-9-13-25-54(46)66/h2-37H,1H3. The summed E-state index contributed by atoms with van der Waals surface area (Å²) in [4.78, 5) is 10.5. The topological polar surface area (TPSA) is 35.6 Å². The minimum absolute atomic E-state index is 0.562. The van der Waals surface area contributed by atoms with E-state index in [4.69, 9.17) is 9.97 Å². The van der Waals surface area contributed by atoms with Gasteiger partial charge in [-0.15, -0.1) is 0 Å². The quantitative estimate of drug-likeness (QED) is 0.160. The highest BCUT2D eigenvalue weighted by molar-refractivity contribution is 6.12. The third-order valence-electron chi connectivity index (χ3n) is 12.9. The van der Waals surface area contributed by atoms with Gasteiger partial charge in [-0.3, -0.25) is 0 Å². The van der Waals surface area contributed by atoms with Crippen molar-refractivity contribution in [3.63, 3.8) is 0 Å². The predicted molar refractivity (Wildman–Crippen MR) is 268 cm³/mol. The van der Waals surface area contributed by atoms with Gasteiger partial charge >= 0.3 is 6.18 Å². The Morgan fingerprint density at radius 1 is 0.358 bits per heavy atom. The van der Waals surface area contributed by atoms with E-state index in [-0.39, 0.29) is 0 Å². The number of rotatable bonds is 7. The molecule has 0 aliphatic rings. The minimum atomic E-state index is -4.42. The Labute approximate surface area is 384 Å². The van der Waals surface area contributed by atoms with Crippen LogP contribution >= 0.6 is 0 Å². The van der Waals surface area contributed by atoms with Gasteiger partial charge in [-0.05, 0) is 96.4 Å². The fourth-order valence-electron chi connectivity index (χ4n) is 9.82. The van der Waals surface area contributed by atoms with Gasteiger partial charge in [-0.2, -0.15) is 13.2 Å². The van der Waals surface area contributed by atoms with E-state index in [1.54, 1.807) is 13.0 Å². The molecule has 0 bridgehead atoms. The van der Waals surface area contributed by atoms with E-state index < -0.39 is 11.7 Å². The van der Waals surface area contributed by atoms with E-state index in [1.807, 2.05) is 54.6 Å². The van der Waals surface area contributed by atoms with Gasteiger partial charge in [-0.25, -0.2) is 9.97 Å². The SMILES string of the molecule is Cc1cc(C(F)(F)F)ccc1-c1ccc2c(c1)c1ccccc1n2-c1ccc(-c2nc(-c3ccccc3)cc(-c3ccccc3)n2)cc1-c1ccccc1-n1c2ccccc2c2ccccc21. The molecule has 4 nitrogen and oxygen atoms in total. The van der Waals surface area contributed by atoms with E-state index in [2.05, 4.69) is 155 Å². The minimum Gasteiger partial charge on any atom is -0.309 e. The maximum atomic E-state index is 13.7. The van der Waals surface area contributed by atoms with Crippen molar-refractivity contribution in [1.29, 1.82) is 0 Å². The van der Waals surface area contributed by atoms with Crippen LogP contribution in [0.4, 0.5) is 13.2 Å². The van der Waals surface area contributed by atoms with Crippen molar-refractivity contribution < 1.29 is 13.2 Å². The molecule has 0 N–H and O–H groups in total. The van der Waals surface area contributed by atoms with Gasteiger partial charge in [0.25, 0.3) is 0 Å². The molecule has 9 aromatic carbocycles. The molecule has 0 fully saturated rings.